The third-order valence-corrected chi connectivity index (χ3v) is 1.62. The summed E-state index contributed by atoms with van der Waals surface area (Å²) in [7, 11) is 0. The van der Waals surface area contributed by atoms with Crippen molar-refractivity contribution in [1.29, 1.82) is 0 Å². The van der Waals surface area contributed by atoms with E-state index in [4.69, 9.17) is 5.84 Å². The summed E-state index contributed by atoms with van der Waals surface area (Å²) in [6, 6.07) is 9.70. The fourth-order valence-electron chi connectivity index (χ4n) is 1.00. The molecule has 0 fully saturated rings. The molecule has 0 bridgehead atoms. The maximum absolute atomic E-state index is 5.47. The first-order valence-corrected chi connectivity index (χ1v) is 3.84. The Labute approximate surface area is 75.1 Å². The molecule has 1 aromatic carbocycles. The lowest BCUT2D eigenvalue weighted by Gasteiger charge is -2.03. The van der Waals surface area contributed by atoms with Gasteiger partial charge >= 0.3 is 0 Å². The fraction of sp³-hybridized carbons (Fsp3) is 0. The van der Waals surface area contributed by atoms with Gasteiger partial charge in [0.2, 0.25) is 0 Å². The highest BCUT2D eigenvalue weighted by molar-refractivity contribution is 5.54. The van der Waals surface area contributed by atoms with Crippen molar-refractivity contribution in [2.24, 2.45) is 0 Å². The molecule has 0 spiro atoms. The van der Waals surface area contributed by atoms with Gasteiger partial charge in [0.15, 0.2) is 5.82 Å². The second kappa shape index (κ2) is 3.14. The van der Waals surface area contributed by atoms with E-state index in [2.05, 4.69) is 15.6 Å². The van der Waals surface area contributed by atoms with Gasteiger partial charge in [0.1, 0.15) is 0 Å². The van der Waals surface area contributed by atoms with Crippen molar-refractivity contribution in [2.75, 3.05) is 11.2 Å². The van der Waals surface area contributed by atoms with E-state index in [0.29, 0.717) is 5.82 Å². The van der Waals surface area contributed by atoms with Crippen LogP contribution in [0.15, 0.2) is 36.5 Å². The first-order valence-electron chi connectivity index (χ1n) is 3.84. The standard InChI is InChI=1S/C8H9N5/c9-13-8(6-10-12-13)11-7-4-2-1-3-5-7/h1-6,11H,9H2. The van der Waals surface area contributed by atoms with E-state index < -0.39 is 0 Å². The molecule has 3 N–H and O–H groups in total. The third kappa shape index (κ3) is 1.58. The highest BCUT2D eigenvalue weighted by Crippen LogP contribution is 2.12. The van der Waals surface area contributed by atoms with Crippen LogP contribution in [0.2, 0.25) is 0 Å². The summed E-state index contributed by atoms with van der Waals surface area (Å²) in [5, 5.41) is 10.3. The largest absolute Gasteiger partial charge is 0.337 e. The van der Waals surface area contributed by atoms with Gasteiger partial charge in [-0.1, -0.05) is 18.2 Å². The van der Waals surface area contributed by atoms with E-state index in [1.165, 1.54) is 4.79 Å². The molecule has 0 unspecified atom stereocenters. The molecule has 5 heteroatoms. The molecule has 0 saturated heterocycles. The van der Waals surface area contributed by atoms with Crippen molar-refractivity contribution in [3.8, 4) is 0 Å². The van der Waals surface area contributed by atoms with Gasteiger partial charge in [0.25, 0.3) is 0 Å². The normalized spacial score (nSPS) is 9.85. The van der Waals surface area contributed by atoms with E-state index in [1.807, 2.05) is 30.3 Å². The van der Waals surface area contributed by atoms with Crippen LogP contribution in [0.3, 0.4) is 0 Å². The lowest BCUT2D eigenvalue weighted by Crippen LogP contribution is -2.13. The summed E-state index contributed by atoms with van der Waals surface area (Å²) < 4.78 is 0. The zero-order chi connectivity index (χ0) is 9.10. The fourth-order valence-corrected chi connectivity index (χ4v) is 1.00. The van der Waals surface area contributed by atoms with Crippen molar-refractivity contribution >= 4 is 11.5 Å². The van der Waals surface area contributed by atoms with Crippen molar-refractivity contribution in [3.05, 3.63) is 36.5 Å². The maximum Gasteiger partial charge on any atom is 0.172 e. The maximum atomic E-state index is 5.47. The zero-order valence-electron chi connectivity index (χ0n) is 6.88. The topological polar surface area (TPSA) is 68.8 Å². The van der Waals surface area contributed by atoms with Gasteiger partial charge in [-0.05, 0) is 17.3 Å². The zero-order valence-corrected chi connectivity index (χ0v) is 6.88. The highest BCUT2D eigenvalue weighted by Gasteiger charge is 1.98. The Bertz CT molecular complexity index is 380. The summed E-state index contributed by atoms with van der Waals surface area (Å²) in [6.45, 7) is 0. The molecular formula is C8H9N5. The number of para-hydroxylation sites is 1. The molecule has 0 amide bonds. The number of benzene rings is 1. The molecule has 0 aliphatic rings. The Kier molecular flexibility index (Phi) is 1.84. The average Bonchev–Trinajstić information content (AvgIpc) is 2.54. The van der Waals surface area contributed by atoms with E-state index in [0.717, 1.165) is 5.69 Å². The number of nitrogens with two attached hydrogens (primary N) is 1. The number of nitrogens with one attached hydrogen (secondary N) is 1. The van der Waals surface area contributed by atoms with Crippen LogP contribution in [0.25, 0.3) is 0 Å². The molecule has 13 heavy (non-hydrogen) atoms. The molecule has 0 atom stereocenters. The van der Waals surface area contributed by atoms with Crippen LogP contribution in [0, 0.1) is 0 Å². The molecule has 5 nitrogen and oxygen atoms in total. The number of hydrogen-bond donors (Lipinski definition) is 2. The SMILES string of the molecule is Nn1nncc1Nc1ccccc1. The van der Waals surface area contributed by atoms with Gasteiger partial charge in [-0.15, -0.1) is 9.89 Å². The first-order chi connectivity index (χ1) is 6.36. The predicted octanol–water partition coefficient (Wildman–Crippen LogP) is 0.735. The number of hydrogen-bond acceptors (Lipinski definition) is 4. The van der Waals surface area contributed by atoms with Crippen molar-refractivity contribution in [2.45, 2.75) is 0 Å². The summed E-state index contributed by atoms with van der Waals surface area (Å²) in [5.74, 6) is 6.13. The lowest BCUT2D eigenvalue weighted by atomic mass is 10.3. The second-order valence-corrected chi connectivity index (χ2v) is 2.55. The quantitative estimate of drug-likeness (QED) is 0.660. The van der Waals surface area contributed by atoms with Gasteiger partial charge in [0.05, 0.1) is 6.20 Å². The van der Waals surface area contributed by atoms with Crippen LogP contribution in [0.4, 0.5) is 11.5 Å². The van der Waals surface area contributed by atoms with E-state index in [9.17, 15) is 0 Å². The van der Waals surface area contributed by atoms with Crippen molar-refractivity contribution in [1.82, 2.24) is 15.1 Å². The molecule has 66 valence electrons. The van der Waals surface area contributed by atoms with Crippen LogP contribution in [-0.4, -0.2) is 15.1 Å². The summed E-state index contributed by atoms with van der Waals surface area (Å²) in [4.78, 5) is 1.19. The van der Waals surface area contributed by atoms with Gasteiger partial charge in [-0.3, -0.25) is 0 Å². The molecular weight excluding hydrogens is 166 g/mol. The molecule has 2 rings (SSSR count). The minimum Gasteiger partial charge on any atom is -0.337 e. The number of rotatable bonds is 2. The van der Waals surface area contributed by atoms with E-state index >= 15 is 0 Å². The number of nitrogen functional groups attached to an aromatic ring is 1. The Morgan fingerprint density at radius 2 is 2.00 bits per heavy atom. The van der Waals surface area contributed by atoms with Crippen LogP contribution in [-0.2, 0) is 0 Å². The number of anilines is 2. The highest BCUT2D eigenvalue weighted by atomic mass is 15.6. The van der Waals surface area contributed by atoms with E-state index in [-0.39, 0.29) is 0 Å². The summed E-state index contributed by atoms with van der Waals surface area (Å²) in [6.07, 6.45) is 1.56. The lowest BCUT2D eigenvalue weighted by molar-refractivity contribution is 0.771. The van der Waals surface area contributed by atoms with Gasteiger partial charge in [-0.25, -0.2) is 0 Å². The third-order valence-electron chi connectivity index (χ3n) is 1.62. The van der Waals surface area contributed by atoms with Gasteiger partial charge in [-0.2, -0.15) is 0 Å². The van der Waals surface area contributed by atoms with E-state index in [1.54, 1.807) is 6.20 Å². The van der Waals surface area contributed by atoms with Crippen molar-refractivity contribution in [3.63, 3.8) is 0 Å². The Hall–Kier alpha value is -2.04. The van der Waals surface area contributed by atoms with Gasteiger partial charge < -0.3 is 11.2 Å². The smallest absolute Gasteiger partial charge is 0.172 e. The monoisotopic (exact) mass is 175 g/mol. The van der Waals surface area contributed by atoms with Crippen LogP contribution >= 0.6 is 0 Å². The second-order valence-electron chi connectivity index (χ2n) is 2.55. The molecule has 0 aliphatic carbocycles. The summed E-state index contributed by atoms with van der Waals surface area (Å²) in [5.41, 5.74) is 0.955. The number of nitrogens with zero attached hydrogens (tertiary/aromatic N) is 3. The number of aromatic nitrogens is 3. The minimum absolute atomic E-state index is 0.659. The minimum atomic E-state index is 0.659. The molecule has 1 aromatic heterocycles. The average molecular weight is 175 g/mol. The summed E-state index contributed by atoms with van der Waals surface area (Å²) >= 11 is 0. The predicted molar refractivity (Wildman–Crippen MR) is 49.9 cm³/mol. The molecule has 0 radical (unpaired) electrons. The van der Waals surface area contributed by atoms with Crippen molar-refractivity contribution < 1.29 is 0 Å². The molecule has 0 aliphatic heterocycles. The Morgan fingerprint density at radius 1 is 1.23 bits per heavy atom. The molecule has 1 heterocycles. The Balaban J connectivity index is 2.20. The van der Waals surface area contributed by atoms with Crippen LogP contribution in [0.1, 0.15) is 0 Å². The van der Waals surface area contributed by atoms with Crippen LogP contribution in [0.5, 0.6) is 0 Å². The molecule has 2 aromatic rings. The Morgan fingerprint density at radius 3 is 2.62 bits per heavy atom. The van der Waals surface area contributed by atoms with Gasteiger partial charge in [0, 0.05) is 5.69 Å². The molecule has 0 saturated carbocycles. The van der Waals surface area contributed by atoms with Crippen LogP contribution < -0.4 is 11.2 Å². The first kappa shape index (κ1) is 7.60.